The van der Waals surface area contributed by atoms with Crippen LogP contribution in [0.3, 0.4) is 0 Å². The number of nitrogens with zero attached hydrogens (tertiary/aromatic N) is 2. The molecule has 0 unspecified atom stereocenters. The molecule has 0 aliphatic carbocycles. The fourth-order valence-electron chi connectivity index (χ4n) is 3.10. The minimum absolute atomic E-state index is 0.0123. The van der Waals surface area contributed by atoms with E-state index in [4.69, 9.17) is 16.3 Å². The van der Waals surface area contributed by atoms with Crippen LogP contribution in [-0.4, -0.2) is 22.9 Å². The molecule has 1 heterocycles. The van der Waals surface area contributed by atoms with Gasteiger partial charge in [-0.05, 0) is 42.0 Å². The number of nitro benzene ring substituents is 1. The molecule has 0 fully saturated rings. The molecule has 7 nitrogen and oxygen atoms in total. The van der Waals surface area contributed by atoms with Gasteiger partial charge in [-0.1, -0.05) is 47.2 Å². The Morgan fingerprint density at radius 3 is 2.34 bits per heavy atom. The van der Waals surface area contributed by atoms with Crippen molar-refractivity contribution in [3.05, 3.63) is 93.5 Å². The lowest BCUT2D eigenvalue weighted by Crippen LogP contribution is -2.12. The highest BCUT2D eigenvalue weighted by Crippen LogP contribution is 2.40. The summed E-state index contributed by atoms with van der Waals surface area (Å²) >= 11 is 7.33. The number of benzene rings is 3. The van der Waals surface area contributed by atoms with Gasteiger partial charge in [-0.15, -0.1) is 0 Å². The van der Waals surface area contributed by atoms with Gasteiger partial charge in [-0.2, -0.15) is 0 Å². The number of carbonyl (C=O) groups excluding carboxylic acids is 1. The Bertz CT molecular complexity index is 1290. The first kappa shape index (κ1) is 21.5. The lowest BCUT2D eigenvalue weighted by Gasteiger charge is -2.07. The minimum Gasteiger partial charge on any atom is -0.496 e. The van der Waals surface area contributed by atoms with Crippen molar-refractivity contribution < 1.29 is 14.5 Å². The molecule has 1 aromatic heterocycles. The van der Waals surface area contributed by atoms with Gasteiger partial charge in [0.1, 0.15) is 5.75 Å². The van der Waals surface area contributed by atoms with E-state index < -0.39 is 4.92 Å². The first-order valence-electron chi connectivity index (χ1n) is 9.42. The molecule has 1 N–H and O–H groups in total. The summed E-state index contributed by atoms with van der Waals surface area (Å²) in [7, 11) is 1.50. The van der Waals surface area contributed by atoms with Crippen molar-refractivity contribution >= 4 is 39.7 Å². The van der Waals surface area contributed by atoms with Gasteiger partial charge in [0.2, 0.25) is 0 Å². The number of thiazole rings is 1. The Hall–Kier alpha value is -3.75. The topological polar surface area (TPSA) is 94.4 Å². The lowest BCUT2D eigenvalue weighted by molar-refractivity contribution is -0.384. The van der Waals surface area contributed by atoms with Crippen LogP contribution in [-0.2, 0) is 0 Å². The number of methoxy groups -OCH3 is 1. The van der Waals surface area contributed by atoms with Gasteiger partial charge in [0.05, 0.1) is 28.2 Å². The third kappa shape index (κ3) is 4.46. The van der Waals surface area contributed by atoms with E-state index in [1.54, 1.807) is 48.5 Å². The molecule has 9 heteroatoms. The maximum absolute atomic E-state index is 12.8. The second-order valence-electron chi connectivity index (χ2n) is 6.66. The molecular formula is C23H16ClN3O4S. The van der Waals surface area contributed by atoms with E-state index in [1.165, 1.54) is 30.6 Å². The highest BCUT2D eigenvalue weighted by Gasteiger charge is 2.19. The highest BCUT2D eigenvalue weighted by molar-refractivity contribution is 7.19. The van der Waals surface area contributed by atoms with Crippen LogP contribution < -0.4 is 10.1 Å². The molecule has 0 atom stereocenters. The standard InChI is InChI=1S/C23H16ClN3O4S/c1-31-19-5-3-2-4-18(19)22(28)26-23-25-20(14-8-12-17(13-9-14)27(29)30)21(32-23)15-6-10-16(24)11-7-15/h2-13H,1H3,(H,25,26,28). The van der Waals surface area contributed by atoms with E-state index in [0.29, 0.717) is 32.7 Å². The molecule has 1 amide bonds. The van der Waals surface area contributed by atoms with Crippen molar-refractivity contribution in [2.75, 3.05) is 12.4 Å². The predicted octanol–water partition coefficient (Wildman–Crippen LogP) is 6.30. The fraction of sp³-hybridized carbons (Fsp3) is 0.0435. The number of halogens is 1. The third-order valence-corrected chi connectivity index (χ3v) is 5.93. The van der Waals surface area contributed by atoms with E-state index in [0.717, 1.165) is 10.4 Å². The monoisotopic (exact) mass is 465 g/mol. The predicted molar refractivity (Wildman–Crippen MR) is 126 cm³/mol. The molecular weight excluding hydrogens is 450 g/mol. The first-order chi connectivity index (χ1) is 15.5. The molecule has 0 aliphatic heterocycles. The maximum Gasteiger partial charge on any atom is 0.269 e. The SMILES string of the molecule is COc1ccccc1C(=O)Nc1nc(-c2ccc([N+](=O)[O-])cc2)c(-c2ccc(Cl)cc2)s1. The average Bonchev–Trinajstić information content (AvgIpc) is 3.23. The van der Waals surface area contributed by atoms with Gasteiger partial charge in [-0.3, -0.25) is 20.2 Å². The third-order valence-electron chi connectivity index (χ3n) is 4.66. The molecule has 0 saturated heterocycles. The van der Waals surface area contributed by atoms with E-state index in [2.05, 4.69) is 10.3 Å². The molecule has 32 heavy (non-hydrogen) atoms. The maximum atomic E-state index is 12.8. The highest BCUT2D eigenvalue weighted by atomic mass is 35.5. The number of nitro groups is 1. The van der Waals surface area contributed by atoms with E-state index >= 15 is 0 Å². The number of aromatic nitrogens is 1. The summed E-state index contributed by atoms with van der Waals surface area (Å²) in [4.78, 5) is 28.8. The molecule has 0 bridgehead atoms. The second kappa shape index (κ2) is 9.17. The van der Waals surface area contributed by atoms with Crippen LogP contribution in [0.25, 0.3) is 21.7 Å². The molecule has 4 rings (SSSR count). The van der Waals surface area contributed by atoms with Gasteiger partial charge in [0, 0.05) is 22.7 Å². The van der Waals surface area contributed by atoms with Crippen LogP contribution in [0.4, 0.5) is 10.8 Å². The van der Waals surface area contributed by atoms with Crippen LogP contribution in [0.2, 0.25) is 5.02 Å². The number of rotatable bonds is 6. The summed E-state index contributed by atoms with van der Waals surface area (Å²) in [5.41, 5.74) is 2.52. The molecule has 0 saturated carbocycles. The van der Waals surface area contributed by atoms with Gasteiger partial charge in [-0.25, -0.2) is 4.98 Å². The zero-order valence-corrected chi connectivity index (χ0v) is 18.3. The molecule has 0 spiro atoms. The molecule has 4 aromatic rings. The van der Waals surface area contributed by atoms with Gasteiger partial charge in [0.15, 0.2) is 5.13 Å². The number of para-hydroxylation sites is 1. The van der Waals surface area contributed by atoms with E-state index in [-0.39, 0.29) is 11.6 Å². The molecule has 0 aliphatic rings. The summed E-state index contributed by atoms with van der Waals surface area (Å²) in [5, 5.41) is 14.8. The van der Waals surface area contributed by atoms with Crippen molar-refractivity contribution in [3.63, 3.8) is 0 Å². The summed E-state index contributed by atoms with van der Waals surface area (Å²) < 4.78 is 5.27. The van der Waals surface area contributed by atoms with Crippen LogP contribution >= 0.6 is 22.9 Å². The number of non-ortho nitro benzene ring substituents is 1. The summed E-state index contributed by atoms with van der Waals surface area (Å²) in [5.74, 6) is 0.101. The second-order valence-corrected chi connectivity index (χ2v) is 8.10. The van der Waals surface area contributed by atoms with Crippen molar-refractivity contribution in [1.82, 2.24) is 4.98 Å². The minimum atomic E-state index is -0.455. The number of amides is 1. The van der Waals surface area contributed by atoms with Crippen molar-refractivity contribution in [2.45, 2.75) is 0 Å². The Labute approximate surface area is 192 Å². The molecule has 0 radical (unpaired) electrons. The normalized spacial score (nSPS) is 10.6. The summed E-state index contributed by atoms with van der Waals surface area (Å²) in [6.07, 6.45) is 0. The molecule has 3 aromatic carbocycles. The van der Waals surface area contributed by atoms with Crippen molar-refractivity contribution in [2.24, 2.45) is 0 Å². The van der Waals surface area contributed by atoms with Crippen LogP contribution in [0.1, 0.15) is 10.4 Å². The Balaban J connectivity index is 1.74. The number of hydrogen-bond acceptors (Lipinski definition) is 6. The van der Waals surface area contributed by atoms with Gasteiger partial charge in [0.25, 0.3) is 11.6 Å². The van der Waals surface area contributed by atoms with Crippen LogP contribution in [0, 0.1) is 10.1 Å². The van der Waals surface area contributed by atoms with Crippen LogP contribution in [0.15, 0.2) is 72.8 Å². The number of nitrogens with one attached hydrogen (secondary N) is 1. The smallest absolute Gasteiger partial charge is 0.269 e. The number of carbonyl (C=O) groups is 1. The van der Waals surface area contributed by atoms with E-state index in [1.807, 2.05) is 12.1 Å². The number of ether oxygens (including phenoxy) is 1. The Morgan fingerprint density at radius 2 is 1.69 bits per heavy atom. The quantitative estimate of drug-likeness (QED) is 0.266. The lowest BCUT2D eigenvalue weighted by atomic mass is 10.1. The van der Waals surface area contributed by atoms with Gasteiger partial charge < -0.3 is 4.74 Å². The van der Waals surface area contributed by atoms with Crippen LogP contribution in [0.5, 0.6) is 5.75 Å². The zero-order chi connectivity index (χ0) is 22.7. The summed E-state index contributed by atoms with van der Waals surface area (Å²) in [6.45, 7) is 0. The number of anilines is 1. The first-order valence-corrected chi connectivity index (χ1v) is 10.6. The Kier molecular flexibility index (Phi) is 6.16. The van der Waals surface area contributed by atoms with Gasteiger partial charge >= 0.3 is 0 Å². The van der Waals surface area contributed by atoms with Crippen molar-refractivity contribution in [1.29, 1.82) is 0 Å². The van der Waals surface area contributed by atoms with E-state index in [9.17, 15) is 14.9 Å². The Morgan fingerprint density at radius 1 is 1.03 bits per heavy atom. The largest absolute Gasteiger partial charge is 0.496 e. The number of hydrogen-bond donors (Lipinski definition) is 1. The fourth-order valence-corrected chi connectivity index (χ4v) is 4.22. The zero-order valence-electron chi connectivity index (χ0n) is 16.7. The summed E-state index contributed by atoms with van der Waals surface area (Å²) in [6, 6.07) is 20.3. The van der Waals surface area contributed by atoms with Crippen molar-refractivity contribution in [3.8, 4) is 27.4 Å². The molecule has 160 valence electrons. The average molecular weight is 466 g/mol.